The second-order valence-electron chi connectivity index (χ2n) is 8.24. The molecule has 3 aromatic rings. The Morgan fingerprint density at radius 3 is 2.67 bits per heavy atom. The Hall–Kier alpha value is -2.92. The number of nitrogens with one attached hydrogen (secondary N) is 1. The highest BCUT2D eigenvalue weighted by Gasteiger charge is 2.27. The van der Waals surface area contributed by atoms with Gasteiger partial charge in [-0.2, -0.15) is 5.10 Å². The molecule has 1 aliphatic heterocycles. The molecule has 1 atom stereocenters. The summed E-state index contributed by atoms with van der Waals surface area (Å²) in [4.78, 5) is 13.9. The number of aromatic nitrogens is 2. The van der Waals surface area contributed by atoms with E-state index in [9.17, 15) is 4.79 Å². The highest BCUT2D eigenvalue weighted by molar-refractivity contribution is 5.78. The minimum Gasteiger partial charge on any atom is -0.343 e. The van der Waals surface area contributed by atoms with Crippen LogP contribution in [0, 0.1) is 19.8 Å². The molecule has 5 nitrogen and oxygen atoms in total. The van der Waals surface area contributed by atoms with E-state index in [2.05, 4.69) is 55.7 Å². The van der Waals surface area contributed by atoms with Crippen LogP contribution >= 0.6 is 0 Å². The van der Waals surface area contributed by atoms with Crippen molar-refractivity contribution >= 4 is 5.91 Å². The zero-order chi connectivity index (χ0) is 21.1. The van der Waals surface area contributed by atoms with E-state index in [1.807, 2.05) is 34.7 Å². The number of rotatable bonds is 7. The number of carbonyl (C=O) groups excluding carboxylic acids is 1. The molecule has 0 saturated carbocycles. The quantitative estimate of drug-likeness (QED) is 0.647. The van der Waals surface area contributed by atoms with Gasteiger partial charge in [0.05, 0.1) is 11.4 Å². The Labute approximate surface area is 178 Å². The second kappa shape index (κ2) is 8.84. The minimum atomic E-state index is 0.275. The summed E-state index contributed by atoms with van der Waals surface area (Å²) in [5.74, 6) is 0.656. The number of hydrogen-bond donors (Lipinski definition) is 1. The van der Waals surface area contributed by atoms with Crippen molar-refractivity contribution in [1.82, 2.24) is 20.0 Å². The van der Waals surface area contributed by atoms with Crippen molar-refractivity contribution in [3.05, 3.63) is 71.4 Å². The number of likely N-dealkylation sites (tertiary alicyclic amines) is 1. The van der Waals surface area contributed by atoms with Gasteiger partial charge in [0.25, 0.3) is 0 Å². The van der Waals surface area contributed by atoms with E-state index in [4.69, 9.17) is 5.10 Å². The van der Waals surface area contributed by atoms with Gasteiger partial charge in [-0.05, 0) is 43.9 Å². The molecule has 0 aliphatic carbocycles. The lowest BCUT2D eigenvalue weighted by Crippen LogP contribution is -2.27. The molecule has 5 heteroatoms. The summed E-state index contributed by atoms with van der Waals surface area (Å²) in [6, 6.07) is 16.8. The molecule has 0 radical (unpaired) electrons. The monoisotopic (exact) mass is 402 g/mol. The molecule has 1 saturated heterocycles. The standard InChI is InChI=1S/C25H30N4O/c1-4-28-16-20(13-24(28)30)14-26-15-22-17-29(23-12-18(2)10-11-19(23)3)27-25(22)21-8-6-5-7-9-21/h5-12,17,20,26H,4,13-16H2,1-3H3/t20-/m1/s1. The van der Waals surface area contributed by atoms with Gasteiger partial charge in [0, 0.05) is 49.9 Å². The molecule has 1 N–H and O–H groups in total. The maximum absolute atomic E-state index is 12.0. The molecule has 2 aromatic carbocycles. The summed E-state index contributed by atoms with van der Waals surface area (Å²) in [5, 5.41) is 8.53. The number of hydrogen-bond acceptors (Lipinski definition) is 3. The predicted octanol–water partition coefficient (Wildman–Crippen LogP) is 4.11. The maximum atomic E-state index is 12.0. The first kappa shape index (κ1) is 20.4. The number of amides is 1. The Kier molecular flexibility index (Phi) is 6.00. The molecule has 1 amide bonds. The number of benzene rings is 2. The van der Waals surface area contributed by atoms with Crippen LogP contribution in [0.1, 0.15) is 30.0 Å². The number of carbonyl (C=O) groups is 1. The summed E-state index contributed by atoms with van der Waals surface area (Å²) in [6.45, 7) is 9.49. The van der Waals surface area contributed by atoms with Crippen LogP contribution in [-0.4, -0.2) is 40.2 Å². The van der Waals surface area contributed by atoms with Gasteiger partial charge in [0.2, 0.25) is 5.91 Å². The van der Waals surface area contributed by atoms with Gasteiger partial charge in [-0.3, -0.25) is 4.79 Å². The van der Waals surface area contributed by atoms with Crippen molar-refractivity contribution in [2.75, 3.05) is 19.6 Å². The molecule has 1 aromatic heterocycles. The number of nitrogens with zero attached hydrogens (tertiary/aromatic N) is 3. The predicted molar refractivity (Wildman–Crippen MR) is 121 cm³/mol. The van der Waals surface area contributed by atoms with E-state index in [1.165, 1.54) is 16.7 Å². The van der Waals surface area contributed by atoms with Gasteiger partial charge in [-0.25, -0.2) is 4.68 Å². The van der Waals surface area contributed by atoms with Gasteiger partial charge in [-0.15, -0.1) is 0 Å². The van der Waals surface area contributed by atoms with Crippen molar-refractivity contribution in [1.29, 1.82) is 0 Å². The summed E-state index contributed by atoms with van der Waals surface area (Å²) >= 11 is 0. The van der Waals surface area contributed by atoms with Crippen molar-refractivity contribution in [2.45, 2.75) is 33.7 Å². The van der Waals surface area contributed by atoms with Crippen molar-refractivity contribution in [2.24, 2.45) is 5.92 Å². The largest absolute Gasteiger partial charge is 0.343 e. The van der Waals surface area contributed by atoms with E-state index in [1.54, 1.807) is 0 Å². The van der Waals surface area contributed by atoms with E-state index in [0.717, 1.165) is 43.1 Å². The molecule has 0 unspecified atom stereocenters. The first-order chi connectivity index (χ1) is 14.5. The van der Waals surface area contributed by atoms with Gasteiger partial charge < -0.3 is 10.2 Å². The van der Waals surface area contributed by atoms with Crippen LogP contribution in [0.25, 0.3) is 16.9 Å². The lowest BCUT2D eigenvalue weighted by Gasteiger charge is -2.14. The summed E-state index contributed by atoms with van der Waals surface area (Å²) in [5.41, 5.74) is 6.81. The summed E-state index contributed by atoms with van der Waals surface area (Å²) in [6.07, 6.45) is 2.78. The van der Waals surface area contributed by atoms with Gasteiger partial charge in [0.15, 0.2) is 0 Å². The fourth-order valence-corrected chi connectivity index (χ4v) is 4.17. The third-order valence-corrected chi connectivity index (χ3v) is 5.87. The molecule has 156 valence electrons. The van der Waals surface area contributed by atoms with Gasteiger partial charge >= 0.3 is 0 Å². The maximum Gasteiger partial charge on any atom is 0.222 e. The zero-order valence-corrected chi connectivity index (χ0v) is 18.1. The first-order valence-electron chi connectivity index (χ1n) is 10.7. The highest BCUT2D eigenvalue weighted by Crippen LogP contribution is 2.25. The lowest BCUT2D eigenvalue weighted by molar-refractivity contribution is -0.127. The average molecular weight is 403 g/mol. The average Bonchev–Trinajstić information content (AvgIpc) is 3.33. The lowest BCUT2D eigenvalue weighted by atomic mass is 10.1. The molecule has 0 spiro atoms. The number of aryl methyl sites for hydroxylation is 2. The van der Waals surface area contributed by atoms with E-state index < -0.39 is 0 Å². The van der Waals surface area contributed by atoms with E-state index in [-0.39, 0.29) is 5.91 Å². The third-order valence-electron chi connectivity index (χ3n) is 5.87. The van der Waals surface area contributed by atoms with Crippen LogP contribution in [-0.2, 0) is 11.3 Å². The minimum absolute atomic E-state index is 0.275. The van der Waals surface area contributed by atoms with Crippen LogP contribution in [0.4, 0.5) is 0 Å². The second-order valence-corrected chi connectivity index (χ2v) is 8.24. The normalized spacial score (nSPS) is 16.4. The third kappa shape index (κ3) is 4.31. The van der Waals surface area contributed by atoms with E-state index in [0.29, 0.717) is 12.3 Å². The molecule has 1 fully saturated rings. The van der Waals surface area contributed by atoms with Crippen LogP contribution in [0.5, 0.6) is 0 Å². The smallest absolute Gasteiger partial charge is 0.222 e. The van der Waals surface area contributed by atoms with E-state index >= 15 is 0 Å². The van der Waals surface area contributed by atoms with Crippen molar-refractivity contribution in [3.8, 4) is 16.9 Å². The van der Waals surface area contributed by atoms with Crippen LogP contribution < -0.4 is 5.32 Å². The topological polar surface area (TPSA) is 50.2 Å². The first-order valence-corrected chi connectivity index (χ1v) is 10.7. The molecule has 1 aliphatic rings. The molecular weight excluding hydrogens is 372 g/mol. The fraction of sp³-hybridized carbons (Fsp3) is 0.360. The molecule has 4 rings (SSSR count). The zero-order valence-electron chi connectivity index (χ0n) is 18.1. The van der Waals surface area contributed by atoms with Crippen LogP contribution in [0.15, 0.2) is 54.7 Å². The van der Waals surface area contributed by atoms with Crippen LogP contribution in [0.3, 0.4) is 0 Å². The summed E-state index contributed by atoms with van der Waals surface area (Å²) < 4.78 is 2.00. The van der Waals surface area contributed by atoms with Gasteiger partial charge in [-0.1, -0.05) is 42.5 Å². The van der Waals surface area contributed by atoms with Crippen LogP contribution in [0.2, 0.25) is 0 Å². The van der Waals surface area contributed by atoms with Gasteiger partial charge in [0.1, 0.15) is 0 Å². The molecule has 30 heavy (non-hydrogen) atoms. The SMILES string of the molecule is CCN1C[C@@H](CNCc2cn(-c3cc(C)ccc3C)nc2-c2ccccc2)CC1=O. The Balaban J connectivity index is 1.56. The Morgan fingerprint density at radius 2 is 1.93 bits per heavy atom. The Bertz CT molecular complexity index is 1020. The molecule has 0 bridgehead atoms. The fourth-order valence-electron chi connectivity index (χ4n) is 4.17. The van der Waals surface area contributed by atoms with Crippen molar-refractivity contribution in [3.63, 3.8) is 0 Å². The Morgan fingerprint density at radius 1 is 1.13 bits per heavy atom. The molecule has 2 heterocycles. The molecular formula is C25H30N4O. The van der Waals surface area contributed by atoms with Crippen molar-refractivity contribution < 1.29 is 4.79 Å². The summed E-state index contributed by atoms with van der Waals surface area (Å²) in [7, 11) is 0. The highest BCUT2D eigenvalue weighted by atomic mass is 16.2.